The molecular weight excluding hydrogens is 226 g/mol. The Morgan fingerprint density at radius 3 is 2.33 bits per heavy atom. The van der Waals surface area contributed by atoms with E-state index in [2.05, 4.69) is 18.7 Å². The van der Waals surface area contributed by atoms with Gasteiger partial charge >= 0.3 is 0 Å². The first-order valence-corrected chi connectivity index (χ1v) is 7.52. The maximum absolute atomic E-state index is 9.00. The molecule has 0 bridgehead atoms. The number of carboxylic acids is 1. The molecule has 1 atom stereocenters. The Morgan fingerprint density at radius 1 is 1.22 bits per heavy atom. The van der Waals surface area contributed by atoms with Gasteiger partial charge in [0.05, 0.1) is 0 Å². The van der Waals surface area contributed by atoms with Gasteiger partial charge in [0.1, 0.15) is 0 Å². The minimum Gasteiger partial charge on any atom is -0.481 e. The molecule has 1 unspecified atom stereocenters. The van der Waals surface area contributed by atoms with Gasteiger partial charge in [-0.05, 0) is 31.8 Å². The Morgan fingerprint density at radius 2 is 1.83 bits per heavy atom. The first-order chi connectivity index (χ1) is 8.60. The van der Waals surface area contributed by atoms with Crippen molar-refractivity contribution in [2.75, 3.05) is 19.6 Å². The molecule has 18 heavy (non-hydrogen) atoms. The van der Waals surface area contributed by atoms with Crippen LogP contribution in [0.15, 0.2) is 0 Å². The van der Waals surface area contributed by atoms with Crippen LogP contribution >= 0.6 is 0 Å². The number of unbranched alkanes of at least 4 members (excludes halogenated alkanes) is 4. The predicted octanol–water partition coefficient (Wildman–Crippen LogP) is 3.78. The molecule has 1 rings (SSSR count). The van der Waals surface area contributed by atoms with Gasteiger partial charge in [0.2, 0.25) is 0 Å². The van der Waals surface area contributed by atoms with Crippen LogP contribution < -0.4 is 0 Å². The molecule has 0 aliphatic carbocycles. The molecule has 1 aliphatic rings. The van der Waals surface area contributed by atoms with Gasteiger partial charge in [-0.15, -0.1) is 0 Å². The number of likely N-dealkylation sites (tertiary alicyclic amines) is 1. The average Bonchev–Trinajstić information content (AvgIpc) is 2.76. The number of carboxylic acid groups (broad SMARTS) is 1. The number of aliphatic carboxylic acids is 1. The summed E-state index contributed by atoms with van der Waals surface area (Å²) in [7, 11) is 0. The first kappa shape index (κ1) is 17.4. The minimum atomic E-state index is -0.833. The second-order valence-corrected chi connectivity index (χ2v) is 5.30. The van der Waals surface area contributed by atoms with Crippen LogP contribution in [0, 0.1) is 5.92 Å². The van der Waals surface area contributed by atoms with Crippen molar-refractivity contribution in [3.8, 4) is 0 Å². The van der Waals surface area contributed by atoms with Gasteiger partial charge in [-0.1, -0.05) is 46.0 Å². The monoisotopic (exact) mass is 257 g/mol. The summed E-state index contributed by atoms with van der Waals surface area (Å²) >= 11 is 0. The van der Waals surface area contributed by atoms with Crippen LogP contribution in [-0.2, 0) is 4.79 Å². The zero-order valence-electron chi connectivity index (χ0n) is 12.5. The summed E-state index contributed by atoms with van der Waals surface area (Å²) in [6.07, 6.45) is 9.94. The molecule has 108 valence electrons. The second kappa shape index (κ2) is 11.5. The summed E-state index contributed by atoms with van der Waals surface area (Å²) in [4.78, 5) is 11.7. The van der Waals surface area contributed by atoms with E-state index >= 15 is 0 Å². The van der Waals surface area contributed by atoms with E-state index < -0.39 is 5.97 Å². The van der Waals surface area contributed by atoms with Crippen molar-refractivity contribution in [1.82, 2.24) is 4.90 Å². The van der Waals surface area contributed by atoms with E-state index in [-0.39, 0.29) is 0 Å². The third kappa shape index (κ3) is 10.6. The average molecular weight is 257 g/mol. The van der Waals surface area contributed by atoms with Crippen molar-refractivity contribution in [3.63, 3.8) is 0 Å². The Bertz CT molecular complexity index is 203. The van der Waals surface area contributed by atoms with Crippen LogP contribution in [0.1, 0.15) is 65.7 Å². The molecule has 1 N–H and O–H groups in total. The highest BCUT2D eigenvalue weighted by molar-refractivity contribution is 5.62. The minimum absolute atomic E-state index is 0.833. The summed E-state index contributed by atoms with van der Waals surface area (Å²) in [6.45, 7) is 9.80. The van der Waals surface area contributed by atoms with E-state index in [0.717, 1.165) is 12.8 Å². The zero-order chi connectivity index (χ0) is 13.8. The van der Waals surface area contributed by atoms with E-state index in [4.69, 9.17) is 9.90 Å². The Kier molecular flexibility index (Phi) is 11.2. The summed E-state index contributed by atoms with van der Waals surface area (Å²) < 4.78 is 0. The molecule has 0 aromatic heterocycles. The fourth-order valence-corrected chi connectivity index (χ4v) is 2.39. The Labute approximate surface area is 113 Å². The van der Waals surface area contributed by atoms with Gasteiger partial charge in [0.15, 0.2) is 0 Å². The molecule has 0 radical (unpaired) electrons. The molecule has 0 aromatic carbocycles. The molecular formula is C15H31NO2. The molecule has 0 saturated carbocycles. The highest BCUT2D eigenvalue weighted by atomic mass is 16.4. The maximum Gasteiger partial charge on any atom is 0.300 e. The first-order valence-electron chi connectivity index (χ1n) is 7.52. The van der Waals surface area contributed by atoms with Gasteiger partial charge in [-0.3, -0.25) is 4.79 Å². The topological polar surface area (TPSA) is 40.5 Å². The highest BCUT2D eigenvalue weighted by Gasteiger charge is 2.19. The van der Waals surface area contributed by atoms with Crippen molar-refractivity contribution >= 4 is 5.97 Å². The fraction of sp³-hybridized carbons (Fsp3) is 0.933. The molecule has 1 aliphatic heterocycles. The molecule has 3 nitrogen and oxygen atoms in total. The van der Waals surface area contributed by atoms with Crippen molar-refractivity contribution in [3.05, 3.63) is 0 Å². The molecule has 1 fully saturated rings. The van der Waals surface area contributed by atoms with Gasteiger partial charge in [-0.2, -0.15) is 0 Å². The normalized spacial score (nSPS) is 19.4. The van der Waals surface area contributed by atoms with Crippen molar-refractivity contribution in [1.29, 1.82) is 0 Å². The fourth-order valence-electron chi connectivity index (χ4n) is 2.39. The summed E-state index contributed by atoms with van der Waals surface area (Å²) in [5.41, 5.74) is 0. The largest absolute Gasteiger partial charge is 0.481 e. The van der Waals surface area contributed by atoms with Gasteiger partial charge < -0.3 is 10.0 Å². The highest BCUT2D eigenvalue weighted by Crippen LogP contribution is 2.19. The van der Waals surface area contributed by atoms with Crippen LogP contribution in [0.5, 0.6) is 0 Å². The predicted molar refractivity (Wildman–Crippen MR) is 76.9 cm³/mol. The summed E-state index contributed by atoms with van der Waals surface area (Å²) in [5.74, 6) is 0.172. The third-order valence-electron chi connectivity index (χ3n) is 3.53. The van der Waals surface area contributed by atoms with E-state index in [0.29, 0.717) is 0 Å². The molecule has 1 saturated heterocycles. The molecule has 0 amide bonds. The number of rotatable bonds is 7. The Balaban J connectivity index is 0.000000631. The van der Waals surface area contributed by atoms with Gasteiger partial charge in [-0.25, -0.2) is 0 Å². The Hall–Kier alpha value is -0.570. The quantitative estimate of drug-likeness (QED) is 0.706. The van der Waals surface area contributed by atoms with Crippen molar-refractivity contribution in [2.45, 2.75) is 65.7 Å². The third-order valence-corrected chi connectivity index (χ3v) is 3.53. The van der Waals surface area contributed by atoms with E-state index in [1.54, 1.807) is 0 Å². The van der Waals surface area contributed by atoms with E-state index in [1.807, 2.05) is 0 Å². The lowest BCUT2D eigenvalue weighted by molar-refractivity contribution is -0.134. The zero-order valence-corrected chi connectivity index (χ0v) is 12.5. The number of hydrogen-bond acceptors (Lipinski definition) is 2. The lowest BCUT2D eigenvalue weighted by atomic mass is 10.1. The van der Waals surface area contributed by atoms with Crippen molar-refractivity contribution < 1.29 is 9.90 Å². The lowest BCUT2D eigenvalue weighted by Gasteiger charge is -2.15. The van der Waals surface area contributed by atoms with Crippen LogP contribution in [0.3, 0.4) is 0 Å². The van der Waals surface area contributed by atoms with Gasteiger partial charge in [0.25, 0.3) is 5.97 Å². The molecule has 0 aromatic rings. The maximum atomic E-state index is 9.00. The van der Waals surface area contributed by atoms with Crippen molar-refractivity contribution in [2.24, 2.45) is 5.92 Å². The van der Waals surface area contributed by atoms with E-state index in [9.17, 15) is 0 Å². The van der Waals surface area contributed by atoms with Crippen LogP contribution in [-0.4, -0.2) is 35.6 Å². The van der Waals surface area contributed by atoms with Gasteiger partial charge in [0, 0.05) is 13.5 Å². The number of nitrogens with zero attached hydrogens (tertiary/aromatic N) is 1. The molecule has 0 spiro atoms. The van der Waals surface area contributed by atoms with Crippen LogP contribution in [0.25, 0.3) is 0 Å². The SMILES string of the molecule is CC(=O)O.CCCCCCCN1CCC(CC)C1. The molecule has 3 heteroatoms. The summed E-state index contributed by atoms with van der Waals surface area (Å²) in [6, 6.07) is 0. The lowest BCUT2D eigenvalue weighted by Crippen LogP contribution is -2.21. The number of carbonyl (C=O) groups is 1. The van der Waals surface area contributed by atoms with Crippen LogP contribution in [0.4, 0.5) is 0 Å². The van der Waals surface area contributed by atoms with Crippen LogP contribution in [0.2, 0.25) is 0 Å². The smallest absolute Gasteiger partial charge is 0.300 e. The second-order valence-electron chi connectivity index (χ2n) is 5.30. The molecule has 1 heterocycles. The van der Waals surface area contributed by atoms with E-state index in [1.165, 1.54) is 64.6 Å². The standard InChI is InChI=1S/C13H27N.C2H4O2/c1-3-5-6-7-8-10-14-11-9-13(4-2)12-14;1-2(3)4/h13H,3-12H2,1-2H3;1H3,(H,3,4). The summed E-state index contributed by atoms with van der Waals surface area (Å²) in [5, 5.41) is 7.42. The number of hydrogen-bond donors (Lipinski definition) is 1.